The van der Waals surface area contributed by atoms with Gasteiger partial charge in [0.15, 0.2) is 0 Å². The first-order chi connectivity index (χ1) is 8.09. The van der Waals surface area contributed by atoms with Crippen LogP contribution in [0.1, 0.15) is 5.56 Å². The standard InChI is InChI=1S/C12H9ClN2O2/c1-8-4-2-3-5-9(8)12-10(15(16)17)6-7-11(13)14-12/h2-7H,1H3. The molecule has 0 amide bonds. The summed E-state index contributed by atoms with van der Waals surface area (Å²) in [7, 11) is 0. The Balaban J connectivity index is 2.70. The number of aromatic nitrogens is 1. The Hall–Kier alpha value is -1.94. The molecule has 17 heavy (non-hydrogen) atoms. The van der Waals surface area contributed by atoms with Gasteiger partial charge < -0.3 is 0 Å². The molecule has 0 bridgehead atoms. The van der Waals surface area contributed by atoms with Crippen molar-refractivity contribution in [3.63, 3.8) is 0 Å². The number of hydrogen-bond acceptors (Lipinski definition) is 3. The molecule has 0 fully saturated rings. The van der Waals surface area contributed by atoms with E-state index in [0.29, 0.717) is 5.69 Å². The van der Waals surface area contributed by atoms with E-state index in [0.717, 1.165) is 11.1 Å². The van der Waals surface area contributed by atoms with Crippen molar-refractivity contribution in [1.29, 1.82) is 0 Å². The second-order valence-corrected chi connectivity index (χ2v) is 3.96. The van der Waals surface area contributed by atoms with Gasteiger partial charge in [-0.15, -0.1) is 0 Å². The summed E-state index contributed by atoms with van der Waals surface area (Å²) in [5.41, 5.74) is 1.91. The van der Waals surface area contributed by atoms with Crippen molar-refractivity contribution >= 4 is 17.3 Å². The molecule has 4 nitrogen and oxygen atoms in total. The zero-order chi connectivity index (χ0) is 12.4. The summed E-state index contributed by atoms with van der Waals surface area (Å²) in [6.07, 6.45) is 0. The van der Waals surface area contributed by atoms with Crippen LogP contribution >= 0.6 is 11.6 Å². The highest BCUT2D eigenvalue weighted by atomic mass is 35.5. The van der Waals surface area contributed by atoms with Crippen LogP contribution in [0.4, 0.5) is 5.69 Å². The topological polar surface area (TPSA) is 56.0 Å². The van der Waals surface area contributed by atoms with E-state index in [1.54, 1.807) is 6.07 Å². The van der Waals surface area contributed by atoms with Crippen LogP contribution in [0.2, 0.25) is 5.15 Å². The molecule has 0 saturated heterocycles. The normalized spacial score (nSPS) is 10.2. The van der Waals surface area contributed by atoms with Gasteiger partial charge >= 0.3 is 0 Å². The van der Waals surface area contributed by atoms with Crippen molar-refractivity contribution < 1.29 is 4.92 Å². The number of pyridine rings is 1. The molecule has 2 aromatic rings. The molecule has 0 aliphatic heterocycles. The van der Waals surface area contributed by atoms with Crippen molar-refractivity contribution in [3.05, 3.63) is 57.2 Å². The molecule has 2 rings (SSSR count). The SMILES string of the molecule is Cc1ccccc1-c1nc(Cl)ccc1[N+](=O)[O-]. The highest BCUT2D eigenvalue weighted by Crippen LogP contribution is 2.31. The van der Waals surface area contributed by atoms with Gasteiger partial charge in [0.25, 0.3) is 5.69 Å². The van der Waals surface area contributed by atoms with Crippen LogP contribution in [0.3, 0.4) is 0 Å². The first kappa shape index (κ1) is 11.5. The van der Waals surface area contributed by atoms with Gasteiger partial charge in [-0.1, -0.05) is 35.9 Å². The number of nitrogens with zero attached hydrogens (tertiary/aromatic N) is 2. The molecular formula is C12H9ClN2O2. The van der Waals surface area contributed by atoms with E-state index in [1.165, 1.54) is 12.1 Å². The molecule has 1 heterocycles. The van der Waals surface area contributed by atoms with Crippen molar-refractivity contribution in [2.24, 2.45) is 0 Å². The van der Waals surface area contributed by atoms with Crippen molar-refractivity contribution in [2.45, 2.75) is 6.92 Å². The Morgan fingerprint density at radius 1 is 1.24 bits per heavy atom. The minimum atomic E-state index is -0.453. The minimum Gasteiger partial charge on any atom is -0.258 e. The molecule has 0 saturated carbocycles. The quantitative estimate of drug-likeness (QED) is 0.463. The van der Waals surface area contributed by atoms with Crippen LogP contribution in [0.15, 0.2) is 36.4 Å². The smallest absolute Gasteiger partial charge is 0.258 e. The fourth-order valence-corrected chi connectivity index (χ4v) is 1.76. The second kappa shape index (κ2) is 4.51. The zero-order valence-electron chi connectivity index (χ0n) is 9.05. The number of hydrogen-bond donors (Lipinski definition) is 0. The van der Waals surface area contributed by atoms with Gasteiger partial charge in [0.2, 0.25) is 0 Å². The fourth-order valence-electron chi connectivity index (χ4n) is 1.61. The summed E-state index contributed by atoms with van der Waals surface area (Å²) in [4.78, 5) is 14.5. The molecule has 0 unspecified atom stereocenters. The van der Waals surface area contributed by atoms with Gasteiger partial charge in [-0.2, -0.15) is 0 Å². The lowest BCUT2D eigenvalue weighted by Crippen LogP contribution is -1.96. The number of rotatable bonds is 2. The highest BCUT2D eigenvalue weighted by molar-refractivity contribution is 6.29. The van der Waals surface area contributed by atoms with E-state index in [4.69, 9.17) is 11.6 Å². The summed E-state index contributed by atoms with van der Waals surface area (Å²) >= 11 is 5.79. The van der Waals surface area contributed by atoms with E-state index in [2.05, 4.69) is 4.98 Å². The molecule has 0 atom stereocenters. The molecule has 0 aliphatic carbocycles. The van der Waals surface area contributed by atoms with Crippen LogP contribution in [-0.2, 0) is 0 Å². The Morgan fingerprint density at radius 3 is 2.59 bits per heavy atom. The third kappa shape index (κ3) is 2.26. The molecular weight excluding hydrogens is 240 g/mol. The molecule has 0 radical (unpaired) electrons. The average Bonchev–Trinajstić information content (AvgIpc) is 2.29. The predicted octanol–water partition coefficient (Wildman–Crippen LogP) is 3.62. The van der Waals surface area contributed by atoms with E-state index in [1.807, 2.05) is 25.1 Å². The van der Waals surface area contributed by atoms with Crippen molar-refractivity contribution in [1.82, 2.24) is 4.98 Å². The summed E-state index contributed by atoms with van der Waals surface area (Å²) in [6, 6.07) is 10.1. The maximum absolute atomic E-state index is 10.9. The number of nitro groups is 1. The summed E-state index contributed by atoms with van der Waals surface area (Å²) in [5, 5.41) is 11.2. The average molecular weight is 249 g/mol. The number of aryl methyl sites for hydroxylation is 1. The number of halogens is 1. The lowest BCUT2D eigenvalue weighted by atomic mass is 10.0. The Kier molecular flexibility index (Phi) is 3.06. The van der Waals surface area contributed by atoms with E-state index >= 15 is 0 Å². The van der Waals surface area contributed by atoms with Gasteiger partial charge in [-0.3, -0.25) is 10.1 Å². The Labute approximate surface area is 103 Å². The van der Waals surface area contributed by atoms with Crippen LogP contribution in [0, 0.1) is 17.0 Å². The third-order valence-electron chi connectivity index (χ3n) is 2.44. The minimum absolute atomic E-state index is 0.0382. The third-order valence-corrected chi connectivity index (χ3v) is 2.65. The molecule has 0 N–H and O–H groups in total. The maximum Gasteiger partial charge on any atom is 0.295 e. The lowest BCUT2D eigenvalue weighted by molar-refractivity contribution is -0.384. The van der Waals surface area contributed by atoms with E-state index < -0.39 is 4.92 Å². The highest BCUT2D eigenvalue weighted by Gasteiger charge is 2.18. The lowest BCUT2D eigenvalue weighted by Gasteiger charge is -2.05. The molecule has 5 heteroatoms. The molecule has 1 aromatic carbocycles. The molecule has 0 spiro atoms. The van der Waals surface area contributed by atoms with Crippen LogP contribution in [-0.4, -0.2) is 9.91 Å². The Morgan fingerprint density at radius 2 is 1.94 bits per heavy atom. The molecule has 86 valence electrons. The van der Waals surface area contributed by atoms with Gasteiger partial charge in [0.1, 0.15) is 10.8 Å². The fraction of sp³-hybridized carbons (Fsp3) is 0.0833. The Bertz CT molecular complexity index is 584. The monoisotopic (exact) mass is 248 g/mol. The van der Waals surface area contributed by atoms with Crippen molar-refractivity contribution in [3.8, 4) is 11.3 Å². The van der Waals surface area contributed by atoms with Crippen molar-refractivity contribution in [2.75, 3.05) is 0 Å². The van der Waals surface area contributed by atoms with Gasteiger partial charge in [0, 0.05) is 11.6 Å². The summed E-state index contributed by atoms with van der Waals surface area (Å²) < 4.78 is 0. The van der Waals surface area contributed by atoms with Crippen LogP contribution in [0.25, 0.3) is 11.3 Å². The summed E-state index contributed by atoms with van der Waals surface area (Å²) in [5.74, 6) is 0. The van der Waals surface area contributed by atoms with Crippen LogP contribution in [0.5, 0.6) is 0 Å². The van der Waals surface area contributed by atoms with E-state index in [9.17, 15) is 10.1 Å². The summed E-state index contributed by atoms with van der Waals surface area (Å²) in [6.45, 7) is 1.88. The maximum atomic E-state index is 10.9. The molecule has 1 aromatic heterocycles. The second-order valence-electron chi connectivity index (χ2n) is 3.57. The van der Waals surface area contributed by atoms with Gasteiger partial charge in [-0.25, -0.2) is 4.98 Å². The zero-order valence-corrected chi connectivity index (χ0v) is 9.81. The predicted molar refractivity (Wildman–Crippen MR) is 66.1 cm³/mol. The van der Waals surface area contributed by atoms with Gasteiger partial charge in [0.05, 0.1) is 4.92 Å². The van der Waals surface area contributed by atoms with E-state index in [-0.39, 0.29) is 10.8 Å². The van der Waals surface area contributed by atoms with Gasteiger partial charge in [-0.05, 0) is 18.6 Å². The largest absolute Gasteiger partial charge is 0.295 e. The molecule has 0 aliphatic rings. The number of benzene rings is 1. The first-order valence-electron chi connectivity index (χ1n) is 4.96. The van der Waals surface area contributed by atoms with Crippen LogP contribution < -0.4 is 0 Å². The first-order valence-corrected chi connectivity index (χ1v) is 5.34.